The maximum Gasteiger partial charge on any atom is 0.266 e. The Hall–Kier alpha value is -2.64. The molecule has 0 radical (unpaired) electrons. The third-order valence-electron chi connectivity index (χ3n) is 4.31. The Balaban J connectivity index is 2.04. The molecule has 146 valence electrons. The average molecular weight is 398 g/mol. The van der Waals surface area contributed by atoms with Crippen LogP contribution in [0.4, 0.5) is 0 Å². The number of para-hydroxylation sites is 1. The van der Waals surface area contributed by atoms with Crippen LogP contribution in [0.1, 0.15) is 11.1 Å². The van der Waals surface area contributed by atoms with Crippen LogP contribution in [0.2, 0.25) is 0 Å². The van der Waals surface area contributed by atoms with Crippen molar-refractivity contribution >= 4 is 28.6 Å². The molecule has 2 aromatic carbocycles. The van der Waals surface area contributed by atoms with Gasteiger partial charge in [-0.3, -0.25) is 14.2 Å². The summed E-state index contributed by atoms with van der Waals surface area (Å²) in [5.74, 6) is 0.0382. The van der Waals surface area contributed by atoms with E-state index in [1.54, 1.807) is 17.7 Å². The van der Waals surface area contributed by atoms with E-state index >= 15 is 0 Å². The van der Waals surface area contributed by atoms with Crippen molar-refractivity contribution in [3.63, 3.8) is 0 Å². The number of hydrogen-bond acceptors (Lipinski definition) is 5. The van der Waals surface area contributed by atoms with Gasteiger partial charge in [0.1, 0.15) is 0 Å². The van der Waals surface area contributed by atoms with Gasteiger partial charge >= 0.3 is 0 Å². The van der Waals surface area contributed by atoms with Gasteiger partial charge in [-0.25, -0.2) is 4.98 Å². The van der Waals surface area contributed by atoms with Crippen molar-refractivity contribution in [3.05, 3.63) is 63.9 Å². The number of aryl methyl sites for hydroxylation is 2. The molecule has 3 aromatic rings. The summed E-state index contributed by atoms with van der Waals surface area (Å²) in [6, 6.07) is 13.2. The molecule has 7 heteroatoms. The van der Waals surface area contributed by atoms with Gasteiger partial charge < -0.3 is 10.1 Å². The van der Waals surface area contributed by atoms with Crippen LogP contribution in [-0.4, -0.2) is 41.5 Å². The highest BCUT2D eigenvalue weighted by atomic mass is 32.2. The maximum atomic E-state index is 13.3. The number of carbonyl (C=O) groups excluding carboxylic acids is 1. The van der Waals surface area contributed by atoms with Crippen LogP contribution in [0.25, 0.3) is 16.6 Å². The predicted octanol–water partition coefficient (Wildman–Crippen LogP) is 2.86. The van der Waals surface area contributed by atoms with Gasteiger partial charge in [0.2, 0.25) is 5.91 Å². The standard InChI is InChI=1S/C21H23N3O3S/c1-14-8-9-15(2)18(12-14)24-20(26)16-6-4-5-7-17(16)23-21(24)28-13-19(25)22-10-11-27-3/h4-9,12H,10-11,13H2,1-3H3,(H,22,25). The summed E-state index contributed by atoms with van der Waals surface area (Å²) in [6.45, 7) is 4.85. The number of ether oxygens (including phenoxy) is 1. The van der Waals surface area contributed by atoms with E-state index in [0.29, 0.717) is 29.2 Å². The third kappa shape index (κ3) is 4.43. The number of thioether (sulfide) groups is 1. The fourth-order valence-corrected chi connectivity index (χ4v) is 3.69. The lowest BCUT2D eigenvalue weighted by Gasteiger charge is -2.15. The van der Waals surface area contributed by atoms with E-state index < -0.39 is 0 Å². The smallest absolute Gasteiger partial charge is 0.266 e. The fraction of sp³-hybridized carbons (Fsp3) is 0.286. The van der Waals surface area contributed by atoms with Crippen molar-refractivity contribution < 1.29 is 9.53 Å². The molecule has 0 aliphatic carbocycles. The number of fused-ring (bicyclic) bond motifs is 1. The van der Waals surface area contributed by atoms with Crippen LogP contribution in [0.5, 0.6) is 0 Å². The molecule has 0 saturated heterocycles. The van der Waals surface area contributed by atoms with Crippen LogP contribution in [0, 0.1) is 13.8 Å². The summed E-state index contributed by atoms with van der Waals surface area (Å²) in [5.41, 5.74) is 3.29. The summed E-state index contributed by atoms with van der Waals surface area (Å²) in [4.78, 5) is 30.0. The number of rotatable bonds is 7. The van der Waals surface area contributed by atoms with Gasteiger partial charge in [-0.05, 0) is 43.2 Å². The Bertz CT molecular complexity index is 1060. The van der Waals surface area contributed by atoms with Crippen LogP contribution in [0.3, 0.4) is 0 Å². The van der Waals surface area contributed by atoms with Crippen molar-refractivity contribution in [1.82, 2.24) is 14.9 Å². The second-order valence-corrected chi connectivity index (χ2v) is 7.42. The van der Waals surface area contributed by atoms with E-state index in [0.717, 1.165) is 16.8 Å². The average Bonchev–Trinajstić information content (AvgIpc) is 2.69. The molecule has 0 saturated carbocycles. The normalized spacial score (nSPS) is 11.0. The first-order valence-electron chi connectivity index (χ1n) is 8.99. The number of benzene rings is 2. The van der Waals surface area contributed by atoms with Crippen molar-refractivity contribution in [1.29, 1.82) is 0 Å². The van der Waals surface area contributed by atoms with Crippen molar-refractivity contribution in [2.24, 2.45) is 0 Å². The summed E-state index contributed by atoms with van der Waals surface area (Å²) >= 11 is 1.25. The first kappa shape index (κ1) is 20.1. The van der Waals surface area contributed by atoms with Gasteiger partial charge in [-0.15, -0.1) is 0 Å². The molecule has 0 atom stereocenters. The van der Waals surface area contributed by atoms with Gasteiger partial charge in [-0.1, -0.05) is 36.0 Å². The quantitative estimate of drug-likeness (QED) is 0.377. The third-order valence-corrected chi connectivity index (χ3v) is 5.25. The number of methoxy groups -OCH3 is 1. The van der Waals surface area contributed by atoms with Gasteiger partial charge in [-0.2, -0.15) is 0 Å². The lowest BCUT2D eigenvalue weighted by atomic mass is 10.1. The van der Waals surface area contributed by atoms with Gasteiger partial charge in [0, 0.05) is 13.7 Å². The molecule has 28 heavy (non-hydrogen) atoms. The Kier molecular flexibility index (Phi) is 6.49. The Morgan fingerprint density at radius 3 is 2.79 bits per heavy atom. The van der Waals surface area contributed by atoms with Crippen LogP contribution < -0.4 is 10.9 Å². The van der Waals surface area contributed by atoms with E-state index in [1.807, 2.05) is 50.2 Å². The zero-order valence-electron chi connectivity index (χ0n) is 16.2. The van der Waals surface area contributed by atoms with Crippen LogP contribution >= 0.6 is 11.8 Å². The molecule has 0 aliphatic heterocycles. The van der Waals surface area contributed by atoms with Crippen molar-refractivity contribution in [2.45, 2.75) is 19.0 Å². The molecule has 1 heterocycles. The van der Waals surface area contributed by atoms with Crippen molar-refractivity contribution in [2.75, 3.05) is 26.0 Å². The number of aromatic nitrogens is 2. The number of carbonyl (C=O) groups is 1. The van der Waals surface area contributed by atoms with E-state index in [9.17, 15) is 9.59 Å². The van der Waals surface area contributed by atoms with E-state index in [4.69, 9.17) is 4.74 Å². The zero-order valence-corrected chi connectivity index (χ0v) is 17.0. The minimum absolute atomic E-state index is 0.128. The van der Waals surface area contributed by atoms with Crippen molar-refractivity contribution in [3.8, 4) is 5.69 Å². The minimum Gasteiger partial charge on any atom is -0.383 e. The molecule has 0 fully saturated rings. The highest BCUT2D eigenvalue weighted by molar-refractivity contribution is 7.99. The predicted molar refractivity (Wildman–Crippen MR) is 112 cm³/mol. The van der Waals surface area contributed by atoms with Crippen LogP contribution in [-0.2, 0) is 9.53 Å². The molecular weight excluding hydrogens is 374 g/mol. The first-order chi connectivity index (χ1) is 13.5. The van der Waals surface area contributed by atoms with Gasteiger partial charge in [0.25, 0.3) is 5.56 Å². The number of hydrogen-bond donors (Lipinski definition) is 1. The number of amides is 1. The second-order valence-electron chi connectivity index (χ2n) is 6.47. The largest absolute Gasteiger partial charge is 0.383 e. The summed E-state index contributed by atoms with van der Waals surface area (Å²) in [7, 11) is 1.59. The molecule has 6 nitrogen and oxygen atoms in total. The topological polar surface area (TPSA) is 73.2 Å². The second kappa shape index (κ2) is 9.03. The Morgan fingerprint density at radius 1 is 1.21 bits per heavy atom. The molecule has 1 aromatic heterocycles. The van der Waals surface area contributed by atoms with E-state index in [-0.39, 0.29) is 17.2 Å². The number of nitrogens with one attached hydrogen (secondary N) is 1. The fourth-order valence-electron chi connectivity index (χ4n) is 2.86. The molecule has 0 unspecified atom stereocenters. The Labute approximate surface area is 167 Å². The molecular formula is C21H23N3O3S. The highest BCUT2D eigenvalue weighted by Crippen LogP contribution is 2.23. The monoisotopic (exact) mass is 397 g/mol. The van der Waals surface area contributed by atoms with Gasteiger partial charge in [0.15, 0.2) is 5.16 Å². The molecule has 0 aliphatic rings. The minimum atomic E-state index is -0.137. The highest BCUT2D eigenvalue weighted by Gasteiger charge is 2.16. The number of nitrogens with zero attached hydrogens (tertiary/aromatic N) is 2. The SMILES string of the molecule is COCCNC(=O)CSc1nc2ccccc2c(=O)n1-c1cc(C)ccc1C. The molecule has 3 rings (SSSR count). The maximum absolute atomic E-state index is 13.3. The molecule has 0 spiro atoms. The molecule has 0 bridgehead atoms. The van der Waals surface area contributed by atoms with E-state index in [1.165, 1.54) is 11.8 Å². The lowest BCUT2D eigenvalue weighted by Crippen LogP contribution is -2.29. The lowest BCUT2D eigenvalue weighted by molar-refractivity contribution is -0.118. The zero-order chi connectivity index (χ0) is 20.1. The summed E-state index contributed by atoms with van der Waals surface area (Å²) in [5, 5.41) is 3.84. The van der Waals surface area contributed by atoms with Gasteiger partial charge in [0.05, 0.1) is 29.0 Å². The Morgan fingerprint density at radius 2 is 2.00 bits per heavy atom. The van der Waals surface area contributed by atoms with Crippen LogP contribution in [0.15, 0.2) is 52.4 Å². The first-order valence-corrected chi connectivity index (χ1v) is 9.97. The summed E-state index contributed by atoms with van der Waals surface area (Å²) in [6.07, 6.45) is 0. The summed E-state index contributed by atoms with van der Waals surface area (Å²) < 4.78 is 6.55. The molecule has 1 amide bonds. The molecule has 1 N–H and O–H groups in total. The van der Waals surface area contributed by atoms with E-state index in [2.05, 4.69) is 10.3 Å².